The van der Waals surface area contributed by atoms with Gasteiger partial charge in [0.25, 0.3) is 0 Å². The molecule has 0 saturated heterocycles. The lowest BCUT2D eigenvalue weighted by Crippen LogP contribution is -2.45. The number of hydrogen-bond donors (Lipinski definition) is 3. The molecule has 2 unspecified atom stereocenters. The highest BCUT2D eigenvalue weighted by molar-refractivity contribution is 5.80. The molecule has 0 heterocycles. The minimum atomic E-state index is -0.0542. The van der Waals surface area contributed by atoms with Gasteiger partial charge in [-0.2, -0.15) is 0 Å². The van der Waals surface area contributed by atoms with Crippen LogP contribution in [-0.2, 0) is 16.0 Å². The van der Waals surface area contributed by atoms with Crippen molar-refractivity contribution in [3.05, 3.63) is 35.9 Å². The lowest BCUT2D eigenvalue weighted by atomic mass is 9.84. The monoisotopic (exact) mass is 317 g/mol. The first-order valence-electron chi connectivity index (χ1n) is 8.49. The molecule has 0 spiro atoms. The molecule has 5 heteroatoms. The van der Waals surface area contributed by atoms with Crippen LogP contribution < -0.4 is 16.4 Å². The zero-order valence-electron chi connectivity index (χ0n) is 13.6. The standard InChI is InChI=1S/C18H27N3O2/c19-13-15-8-4-5-9-16(15)21-17(22)10-11-20-18(23)12-14-6-2-1-3-7-14/h1-3,6-7,15-16H,4-5,8-13,19H2,(H,20,23)(H,21,22). The molecule has 0 aromatic heterocycles. The third-order valence-electron chi connectivity index (χ3n) is 4.44. The molecule has 1 aromatic carbocycles. The van der Waals surface area contributed by atoms with Crippen molar-refractivity contribution in [3.63, 3.8) is 0 Å². The van der Waals surface area contributed by atoms with Crippen LogP contribution in [-0.4, -0.2) is 30.9 Å². The second-order valence-corrected chi connectivity index (χ2v) is 6.22. The minimum Gasteiger partial charge on any atom is -0.355 e. The van der Waals surface area contributed by atoms with Crippen LogP contribution in [0.3, 0.4) is 0 Å². The smallest absolute Gasteiger partial charge is 0.224 e. The number of carbonyl (C=O) groups is 2. The summed E-state index contributed by atoms with van der Waals surface area (Å²) in [6, 6.07) is 9.78. The normalized spacial score (nSPS) is 20.7. The van der Waals surface area contributed by atoms with Crippen molar-refractivity contribution in [2.45, 2.75) is 44.6 Å². The Balaban J connectivity index is 1.65. The van der Waals surface area contributed by atoms with Crippen molar-refractivity contribution >= 4 is 11.8 Å². The lowest BCUT2D eigenvalue weighted by Gasteiger charge is -2.31. The van der Waals surface area contributed by atoms with Gasteiger partial charge in [-0.15, -0.1) is 0 Å². The van der Waals surface area contributed by atoms with Crippen LogP contribution in [0.15, 0.2) is 30.3 Å². The van der Waals surface area contributed by atoms with Crippen molar-refractivity contribution in [2.24, 2.45) is 11.7 Å². The third kappa shape index (κ3) is 6.02. The first kappa shape index (κ1) is 17.5. The molecule has 2 amide bonds. The number of benzene rings is 1. The second kappa shape index (κ2) is 9.30. The van der Waals surface area contributed by atoms with E-state index in [0.717, 1.165) is 24.8 Å². The molecule has 1 saturated carbocycles. The molecule has 2 rings (SSSR count). The Morgan fingerprint density at radius 3 is 2.57 bits per heavy atom. The average molecular weight is 317 g/mol. The molecule has 0 radical (unpaired) electrons. The largest absolute Gasteiger partial charge is 0.355 e. The summed E-state index contributed by atoms with van der Waals surface area (Å²) in [5, 5.41) is 5.87. The van der Waals surface area contributed by atoms with E-state index in [1.807, 2.05) is 30.3 Å². The highest BCUT2D eigenvalue weighted by atomic mass is 16.2. The predicted octanol–water partition coefficient (Wildman–Crippen LogP) is 1.37. The molecule has 4 N–H and O–H groups in total. The van der Waals surface area contributed by atoms with E-state index in [-0.39, 0.29) is 17.9 Å². The summed E-state index contributed by atoms with van der Waals surface area (Å²) in [7, 11) is 0. The molecule has 5 nitrogen and oxygen atoms in total. The maximum atomic E-state index is 12.0. The predicted molar refractivity (Wildman–Crippen MR) is 90.7 cm³/mol. The Morgan fingerprint density at radius 2 is 1.83 bits per heavy atom. The Kier molecular flexibility index (Phi) is 7.07. The van der Waals surface area contributed by atoms with Gasteiger partial charge in [-0.3, -0.25) is 9.59 Å². The Hall–Kier alpha value is -1.88. The molecule has 1 aromatic rings. The summed E-state index contributed by atoms with van der Waals surface area (Å²) in [6.45, 7) is 0.996. The summed E-state index contributed by atoms with van der Waals surface area (Å²) < 4.78 is 0. The second-order valence-electron chi connectivity index (χ2n) is 6.22. The van der Waals surface area contributed by atoms with Crippen molar-refractivity contribution in [1.29, 1.82) is 0 Å². The van der Waals surface area contributed by atoms with Crippen molar-refractivity contribution in [3.8, 4) is 0 Å². The van der Waals surface area contributed by atoms with Gasteiger partial charge in [-0.25, -0.2) is 0 Å². The Morgan fingerprint density at radius 1 is 1.09 bits per heavy atom. The summed E-state index contributed by atoms with van der Waals surface area (Å²) in [5.74, 6) is 0.331. The molecule has 0 aliphatic heterocycles. The molecule has 23 heavy (non-hydrogen) atoms. The molecule has 126 valence electrons. The first-order chi connectivity index (χ1) is 11.2. The fourth-order valence-electron chi connectivity index (χ4n) is 3.12. The Bertz CT molecular complexity index is 504. The number of nitrogens with two attached hydrogens (primary N) is 1. The SMILES string of the molecule is NCC1CCCCC1NC(=O)CCNC(=O)Cc1ccccc1. The van der Waals surface area contributed by atoms with Gasteiger partial charge in [0.1, 0.15) is 0 Å². The van der Waals surface area contributed by atoms with E-state index in [0.29, 0.717) is 31.8 Å². The maximum Gasteiger partial charge on any atom is 0.224 e. The van der Waals surface area contributed by atoms with Crippen LogP contribution in [0.4, 0.5) is 0 Å². The van der Waals surface area contributed by atoms with Gasteiger partial charge < -0.3 is 16.4 Å². The summed E-state index contributed by atoms with van der Waals surface area (Å²) in [6.07, 6.45) is 5.11. The van der Waals surface area contributed by atoms with Crippen LogP contribution in [0.1, 0.15) is 37.7 Å². The summed E-state index contributed by atoms with van der Waals surface area (Å²) >= 11 is 0. The molecule has 1 fully saturated rings. The molecule has 1 aliphatic carbocycles. The zero-order valence-corrected chi connectivity index (χ0v) is 13.6. The van der Waals surface area contributed by atoms with E-state index in [2.05, 4.69) is 10.6 Å². The van der Waals surface area contributed by atoms with E-state index < -0.39 is 0 Å². The van der Waals surface area contributed by atoms with Gasteiger partial charge in [0.2, 0.25) is 11.8 Å². The number of rotatable bonds is 7. The van der Waals surface area contributed by atoms with E-state index in [4.69, 9.17) is 5.73 Å². The van der Waals surface area contributed by atoms with Gasteiger partial charge in [-0.1, -0.05) is 43.2 Å². The Labute approximate surface area is 138 Å². The van der Waals surface area contributed by atoms with Crippen LogP contribution in [0.25, 0.3) is 0 Å². The summed E-state index contributed by atoms with van der Waals surface area (Å²) in [5.41, 5.74) is 6.75. The fourth-order valence-corrected chi connectivity index (χ4v) is 3.12. The van der Waals surface area contributed by atoms with Crippen molar-refractivity contribution in [1.82, 2.24) is 10.6 Å². The number of hydrogen-bond acceptors (Lipinski definition) is 3. The number of nitrogens with one attached hydrogen (secondary N) is 2. The van der Waals surface area contributed by atoms with Crippen molar-refractivity contribution < 1.29 is 9.59 Å². The minimum absolute atomic E-state index is 0.00430. The fraction of sp³-hybridized carbons (Fsp3) is 0.556. The average Bonchev–Trinajstić information content (AvgIpc) is 2.56. The molecule has 2 atom stereocenters. The molecular weight excluding hydrogens is 290 g/mol. The van der Waals surface area contributed by atoms with E-state index in [1.54, 1.807) is 0 Å². The van der Waals surface area contributed by atoms with Crippen LogP contribution in [0.5, 0.6) is 0 Å². The number of carbonyl (C=O) groups excluding carboxylic acids is 2. The lowest BCUT2D eigenvalue weighted by molar-refractivity contribution is -0.122. The van der Waals surface area contributed by atoms with Crippen molar-refractivity contribution in [2.75, 3.05) is 13.1 Å². The quantitative estimate of drug-likeness (QED) is 0.710. The molecule has 1 aliphatic rings. The maximum absolute atomic E-state index is 12.0. The van der Waals surface area contributed by atoms with E-state index in [1.165, 1.54) is 6.42 Å². The van der Waals surface area contributed by atoms with Gasteiger partial charge in [0, 0.05) is 19.0 Å². The van der Waals surface area contributed by atoms with E-state index >= 15 is 0 Å². The highest BCUT2D eigenvalue weighted by Crippen LogP contribution is 2.23. The summed E-state index contributed by atoms with van der Waals surface area (Å²) in [4.78, 5) is 23.8. The van der Waals surface area contributed by atoms with Crippen LogP contribution in [0, 0.1) is 5.92 Å². The highest BCUT2D eigenvalue weighted by Gasteiger charge is 2.25. The number of amides is 2. The van der Waals surface area contributed by atoms with Gasteiger partial charge in [0.15, 0.2) is 0 Å². The van der Waals surface area contributed by atoms with Gasteiger partial charge in [0.05, 0.1) is 6.42 Å². The molecule has 0 bridgehead atoms. The topological polar surface area (TPSA) is 84.2 Å². The van der Waals surface area contributed by atoms with Crippen LogP contribution >= 0.6 is 0 Å². The van der Waals surface area contributed by atoms with E-state index in [9.17, 15) is 9.59 Å². The first-order valence-corrected chi connectivity index (χ1v) is 8.49. The van der Waals surface area contributed by atoms with Gasteiger partial charge >= 0.3 is 0 Å². The van der Waals surface area contributed by atoms with Gasteiger partial charge in [-0.05, 0) is 30.9 Å². The third-order valence-corrected chi connectivity index (χ3v) is 4.44. The van der Waals surface area contributed by atoms with Crippen LogP contribution in [0.2, 0.25) is 0 Å². The zero-order chi connectivity index (χ0) is 16.5. The molecular formula is C18H27N3O2.